The number of benzene rings is 1. The molecule has 0 bridgehead atoms. The number of rotatable bonds is 3. The Kier molecular flexibility index (Phi) is 4.02. The molecule has 0 aromatic heterocycles. The van der Waals surface area contributed by atoms with Gasteiger partial charge in [-0.1, -0.05) is 28.1 Å². The van der Waals surface area contributed by atoms with Gasteiger partial charge < -0.3 is 9.64 Å². The second-order valence-corrected chi connectivity index (χ2v) is 6.35. The summed E-state index contributed by atoms with van der Waals surface area (Å²) in [6.07, 6.45) is 4.26. The highest BCUT2D eigenvalue weighted by atomic mass is 79.9. The van der Waals surface area contributed by atoms with Crippen molar-refractivity contribution in [3.8, 4) is 0 Å². The predicted octanol–water partition coefficient (Wildman–Crippen LogP) is 3.42. The highest BCUT2D eigenvalue weighted by Crippen LogP contribution is 2.29. The van der Waals surface area contributed by atoms with E-state index < -0.39 is 0 Å². The van der Waals surface area contributed by atoms with Gasteiger partial charge in [-0.2, -0.15) is 0 Å². The van der Waals surface area contributed by atoms with E-state index in [-0.39, 0.29) is 0 Å². The third kappa shape index (κ3) is 2.95. The van der Waals surface area contributed by atoms with E-state index in [1.807, 2.05) is 0 Å². The number of ether oxygens (including phenoxy) is 1. The summed E-state index contributed by atoms with van der Waals surface area (Å²) in [5.41, 5.74) is 1.47. The summed E-state index contributed by atoms with van der Waals surface area (Å²) in [6, 6.07) is 8.76. The van der Waals surface area contributed by atoms with Gasteiger partial charge >= 0.3 is 0 Å². The smallest absolute Gasteiger partial charge is 0.0702 e. The normalized spacial score (nSPS) is 28.9. The quantitative estimate of drug-likeness (QED) is 0.848. The molecule has 2 fully saturated rings. The molecule has 2 unspecified atom stereocenters. The molecule has 3 rings (SSSR count). The molecule has 0 aliphatic carbocycles. The van der Waals surface area contributed by atoms with Crippen molar-refractivity contribution in [2.75, 3.05) is 26.2 Å². The lowest BCUT2D eigenvalue weighted by molar-refractivity contribution is 0.0803. The van der Waals surface area contributed by atoms with Crippen LogP contribution in [0.25, 0.3) is 0 Å². The van der Waals surface area contributed by atoms with Crippen molar-refractivity contribution < 1.29 is 4.74 Å². The van der Waals surface area contributed by atoms with Crippen molar-refractivity contribution in [3.05, 3.63) is 34.3 Å². The number of nitrogens with zero attached hydrogens (tertiary/aromatic N) is 1. The highest BCUT2D eigenvalue weighted by molar-refractivity contribution is 9.10. The van der Waals surface area contributed by atoms with Crippen LogP contribution in [0.4, 0.5) is 0 Å². The van der Waals surface area contributed by atoms with Crippen LogP contribution in [-0.4, -0.2) is 37.2 Å². The SMILES string of the molecule is Brc1cccc(C2CCN(CC3CCCO3)C2)c1. The van der Waals surface area contributed by atoms with E-state index in [0.29, 0.717) is 12.0 Å². The summed E-state index contributed by atoms with van der Waals surface area (Å²) in [7, 11) is 0. The Morgan fingerprint density at radius 1 is 1.33 bits per heavy atom. The van der Waals surface area contributed by atoms with Gasteiger partial charge in [0.15, 0.2) is 0 Å². The summed E-state index contributed by atoms with van der Waals surface area (Å²) in [5.74, 6) is 0.698. The molecular weight excluding hydrogens is 290 g/mol. The molecule has 2 saturated heterocycles. The van der Waals surface area contributed by atoms with Gasteiger partial charge in [-0.3, -0.25) is 0 Å². The van der Waals surface area contributed by atoms with Gasteiger partial charge in [0.05, 0.1) is 6.10 Å². The van der Waals surface area contributed by atoms with Gasteiger partial charge in [0, 0.05) is 24.2 Å². The first-order valence-electron chi connectivity index (χ1n) is 6.91. The van der Waals surface area contributed by atoms with Crippen molar-refractivity contribution in [2.24, 2.45) is 0 Å². The first-order chi connectivity index (χ1) is 8.81. The minimum absolute atomic E-state index is 0.492. The topological polar surface area (TPSA) is 12.5 Å². The average Bonchev–Trinajstić information content (AvgIpc) is 3.01. The van der Waals surface area contributed by atoms with Crippen LogP contribution < -0.4 is 0 Å². The number of likely N-dealkylation sites (tertiary alicyclic amines) is 1. The molecule has 0 saturated carbocycles. The molecule has 2 aliphatic rings. The molecule has 3 heteroatoms. The fourth-order valence-electron chi connectivity index (χ4n) is 3.11. The average molecular weight is 310 g/mol. The maximum atomic E-state index is 5.73. The molecule has 0 amide bonds. The van der Waals surface area contributed by atoms with Crippen LogP contribution in [0.2, 0.25) is 0 Å². The van der Waals surface area contributed by atoms with Gasteiger partial charge in [-0.15, -0.1) is 0 Å². The van der Waals surface area contributed by atoms with Gasteiger partial charge in [-0.05, 0) is 49.4 Å². The van der Waals surface area contributed by atoms with E-state index in [9.17, 15) is 0 Å². The van der Waals surface area contributed by atoms with Crippen LogP contribution in [-0.2, 0) is 4.74 Å². The van der Waals surface area contributed by atoms with E-state index in [1.165, 1.54) is 42.4 Å². The Morgan fingerprint density at radius 2 is 2.28 bits per heavy atom. The zero-order chi connectivity index (χ0) is 12.4. The third-order valence-electron chi connectivity index (χ3n) is 4.08. The zero-order valence-corrected chi connectivity index (χ0v) is 12.2. The number of halogens is 1. The Balaban J connectivity index is 1.57. The highest BCUT2D eigenvalue weighted by Gasteiger charge is 2.27. The summed E-state index contributed by atoms with van der Waals surface area (Å²) in [4.78, 5) is 2.57. The molecule has 98 valence electrons. The standard InChI is InChI=1S/C15H20BrNO/c16-14-4-1-3-12(9-14)13-6-7-17(10-13)11-15-5-2-8-18-15/h1,3-4,9,13,15H,2,5-8,10-11H2. The zero-order valence-electron chi connectivity index (χ0n) is 10.6. The summed E-state index contributed by atoms with van der Waals surface area (Å²) in [6.45, 7) is 4.51. The van der Waals surface area contributed by atoms with Gasteiger partial charge in [0.1, 0.15) is 0 Å². The Hall–Kier alpha value is -0.380. The Labute approximate surface area is 117 Å². The molecule has 18 heavy (non-hydrogen) atoms. The molecule has 2 atom stereocenters. The third-order valence-corrected chi connectivity index (χ3v) is 4.57. The van der Waals surface area contributed by atoms with Gasteiger partial charge in [-0.25, -0.2) is 0 Å². The van der Waals surface area contributed by atoms with Crippen LogP contribution in [0.3, 0.4) is 0 Å². The predicted molar refractivity (Wildman–Crippen MR) is 76.9 cm³/mol. The van der Waals surface area contributed by atoms with Gasteiger partial charge in [0.2, 0.25) is 0 Å². The minimum atomic E-state index is 0.492. The molecule has 0 spiro atoms. The van der Waals surface area contributed by atoms with Crippen LogP contribution in [0.15, 0.2) is 28.7 Å². The molecular formula is C15H20BrNO. The van der Waals surface area contributed by atoms with Gasteiger partial charge in [0.25, 0.3) is 0 Å². The lowest BCUT2D eigenvalue weighted by Crippen LogP contribution is -2.30. The van der Waals surface area contributed by atoms with E-state index in [2.05, 4.69) is 45.1 Å². The molecule has 2 aliphatic heterocycles. The van der Waals surface area contributed by atoms with Crippen molar-refractivity contribution in [3.63, 3.8) is 0 Å². The maximum absolute atomic E-state index is 5.73. The van der Waals surface area contributed by atoms with Crippen molar-refractivity contribution in [1.29, 1.82) is 0 Å². The largest absolute Gasteiger partial charge is 0.377 e. The number of hydrogen-bond acceptors (Lipinski definition) is 2. The van der Waals surface area contributed by atoms with E-state index in [1.54, 1.807) is 0 Å². The Bertz CT molecular complexity index is 403. The summed E-state index contributed by atoms with van der Waals surface area (Å²) < 4.78 is 6.92. The van der Waals surface area contributed by atoms with Crippen LogP contribution in [0.5, 0.6) is 0 Å². The molecule has 2 nitrogen and oxygen atoms in total. The number of hydrogen-bond donors (Lipinski definition) is 0. The maximum Gasteiger partial charge on any atom is 0.0702 e. The molecule has 0 radical (unpaired) electrons. The van der Waals surface area contributed by atoms with Crippen LogP contribution in [0, 0.1) is 0 Å². The molecule has 0 N–H and O–H groups in total. The summed E-state index contributed by atoms with van der Waals surface area (Å²) in [5, 5.41) is 0. The van der Waals surface area contributed by atoms with E-state index >= 15 is 0 Å². The minimum Gasteiger partial charge on any atom is -0.377 e. The van der Waals surface area contributed by atoms with Crippen molar-refractivity contribution in [1.82, 2.24) is 4.90 Å². The lowest BCUT2D eigenvalue weighted by Gasteiger charge is -2.20. The molecule has 1 aromatic rings. The lowest BCUT2D eigenvalue weighted by atomic mass is 9.99. The summed E-state index contributed by atoms with van der Waals surface area (Å²) >= 11 is 3.56. The van der Waals surface area contributed by atoms with Crippen LogP contribution in [0.1, 0.15) is 30.7 Å². The first kappa shape index (κ1) is 12.6. The second-order valence-electron chi connectivity index (χ2n) is 5.44. The fraction of sp³-hybridized carbons (Fsp3) is 0.600. The molecule has 1 aromatic carbocycles. The fourth-order valence-corrected chi connectivity index (χ4v) is 3.52. The Morgan fingerprint density at radius 3 is 3.06 bits per heavy atom. The second kappa shape index (κ2) is 5.72. The van der Waals surface area contributed by atoms with Crippen LogP contribution >= 0.6 is 15.9 Å². The van der Waals surface area contributed by atoms with Crippen molar-refractivity contribution >= 4 is 15.9 Å². The monoisotopic (exact) mass is 309 g/mol. The van der Waals surface area contributed by atoms with Crippen molar-refractivity contribution in [2.45, 2.75) is 31.3 Å². The van der Waals surface area contributed by atoms with E-state index in [0.717, 1.165) is 13.2 Å². The molecule has 2 heterocycles. The first-order valence-corrected chi connectivity index (χ1v) is 7.70. The van der Waals surface area contributed by atoms with E-state index in [4.69, 9.17) is 4.74 Å².